The molecule has 0 bridgehead atoms. The van der Waals surface area contributed by atoms with E-state index in [1.54, 1.807) is 6.92 Å². The van der Waals surface area contributed by atoms with Gasteiger partial charge < -0.3 is 15.2 Å². The number of ether oxygens (including phenoxy) is 2. The second-order valence-electron chi connectivity index (χ2n) is 4.23. The van der Waals surface area contributed by atoms with E-state index < -0.39 is 6.04 Å². The van der Waals surface area contributed by atoms with Crippen LogP contribution in [0.5, 0.6) is 0 Å². The molecule has 0 amide bonds. The number of rotatable bonds is 5. The standard InChI is InChI=1S/C11H22N2O3/c1-4-15-11(14)9(12)7-13(3)10-5-6-16-8(10)2/h8-10H,4-7,12H2,1-3H3. The zero-order chi connectivity index (χ0) is 12.1. The highest BCUT2D eigenvalue weighted by atomic mass is 16.5. The van der Waals surface area contributed by atoms with Gasteiger partial charge in [-0.05, 0) is 27.3 Å². The van der Waals surface area contributed by atoms with E-state index >= 15 is 0 Å². The number of hydrogen-bond acceptors (Lipinski definition) is 5. The van der Waals surface area contributed by atoms with E-state index in [4.69, 9.17) is 15.2 Å². The quantitative estimate of drug-likeness (QED) is 0.673. The van der Waals surface area contributed by atoms with Crippen molar-refractivity contribution in [3.05, 3.63) is 0 Å². The normalized spacial score (nSPS) is 27.1. The minimum absolute atomic E-state index is 0.208. The molecule has 0 spiro atoms. The molecule has 1 aliphatic rings. The molecular formula is C11H22N2O3. The van der Waals surface area contributed by atoms with Crippen molar-refractivity contribution in [1.82, 2.24) is 4.90 Å². The van der Waals surface area contributed by atoms with Crippen LogP contribution in [0.1, 0.15) is 20.3 Å². The molecule has 1 aliphatic heterocycles. The van der Waals surface area contributed by atoms with Gasteiger partial charge in [0.05, 0.1) is 12.7 Å². The lowest BCUT2D eigenvalue weighted by Crippen LogP contribution is -2.47. The van der Waals surface area contributed by atoms with Gasteiger partial charge in [-0.1, -0.05) is 0 Å². The fourth-order valence-corrected chi connectivity index (χ4v) is 2.07. The van der Waals surface area contributed by atoms with E-state index in [0.717, 1.165) is 13.0 Å². The first kappa shape index (κ1) is 13.4. The molecule has 3 unspecified atom stereocenters. The average Bonchev–Trinajstić information content (AvgIpc) is 2.64. The number of esters is 1. The van der Waals surface area contributed by atoms with Crippen molar-refractivity contribution >= 4 is 5.97 Å². The Morgan fingerprint density at radius 2 is 2.38 bits per heavy atom. The molecule has 1 heterocycles. The number of nitrogens with zero attached hydrogens (tertiary/aromatic N) is 1. The molecule has 2 N–H and O–H groups in total. The predicted octanol–water partition coefficient (Wildman–Crippen LogP) is -0.0140. The molecule has 94 valence electrons. The Morgan fingerprint density at radius 3 is 2.88 bits per heavy atom. The average molecular weight is 230 g/mol. The maximum absolute atomic E-state index is 11.4. The lowest BCUT2D eigenvalue weighted by atomic mass is 10.1. The Hall–Kier alpha value is -0.650. The molecular weight excluding hydrogens is 208 g/mol. The molecule has 0 aromatic carbocycles. The molecule has 0 aromatic rings. The first-order valence-corrected chi connectivity index (χ1v) is 5.80. The van der Waals surface area contributed by atoms with Crippen LogP contribution < -0.4 is 5.73 Å². The van der Waals surface area contributed by atoms with Crippen LogP contribution in [0.2, 0.25) is 0 Å². The number of carbonyl (C=O) groups is 1. The van der Waals surface area contributed by atoms with Crippen molar-refractivity contribution in [3.63, 3.8) is 0 Å². The van der Waals surface area contributed by atoms with E-state index in [1.165, 1.54) is 0 Å². The summed E-state index contributed by atoms with van der Waals surface area (Å²) in [7, 11) is 1.97. The molecule has 0 saturated carbocycles. The number of likely N-dealkylation sites (N-methyl/N-ethyl adjacent to an activating group) is 1. The summed E-state index contributed by atoms with van der Waals surface area (Å²) < 4.78 is 10.3. The fourth-order valence-electron chi connectivity index (χ4n) is 2.07. The topological polar surface area (TPSA) is 64.8 Å². The molecule has 16 heavy (non-hydrogen) atoms. The summed E-state index contributed by atoms with van der Waals surface area (Å²) >= 11 is 0. The van der Waals surface area contributed by atoms with Crippen LogP contribution in [-0.2, 0) is 14.3 Å². The van der Waals surface area contributed by atoms with E-state index in [-0.39, 0.29) is 12.1 Å². The van der Waals surface area contributed by atoms with Crippen LogP contribution >= 0.6 is 0 Å². The smallest absolute Gasteiger partial charge is 0.324 e. The molecule has 0 radical (unpaired) electrons. The second kappa shape index (κ2) is 6.18. The minimum Gasteiger partial charge on any atom is -0.465 e. The van der Waals surface area contributed by atoms with Crippen molar-refractivity contribution in [2.75, 3.05) is 26.8 Å². The molecule has 5 nitrogen and oxygen atoms in total. The highest BCUT2D eigenvalue weighted by molar-refractivity contribution is 5.75. The van der Waals surface area contributed by atoms with Gasteiger partial charge >= 0.3 is 5.97 Å². The third-order valence-electron chi connectivity index (χ3n) is 2.98. The lowest BCUT2D eigenvalue weighted by molar-refractivity contribution is -0.145. The first-order valence-electron chi connectivity index (χ1n) is 5.80. The molecule has 0 aliphatic carbocycles. The van der Waals surface area contributed by atoms with Crippen molar-refractivity contribution in [1.29, 1.82) is 0 Å². The molecule has 3 atom stereocenters. The summed E-state index contributed by atoms with van der Waals surface area (Å²) in [5.74, 6) is -0.332. The first-order chi connectivity index (χ1) is 7.56. The number of hydrogen-bond donors (Lipinski definition) is 1. The van der Waals surface area contributed by atoms with E-state index in [2.05, 4.69) is 4.90 Å². The minimum atomic E-state index is -0.572. The van der Waals surface area contributed by atoms with E-state index in [9.17, 15) is 4.79 Å². The van der Waals surface area contributed by atoms with Crippen molar-refractivity contribution in [2.45, 2.75) is 38.5 Å². The van der Waals surface area contributed by atoms with Gasteiger partial charge in [-0.2, -0.15) is 0 Å². The van der Waals surface area contributed by atoms with Gasteiger partial charge in [0.2, 0.25) is 0 Å². The van der Waals surface area contributed by atoms with Gasteiger partial charge in [-0.3, -0.25) is 9.69 Å². The van der Waals surface area contributed by atoms with Crippen LogP contribution in [-0.4, -0.2) is 55.9 Å². The monoisotopic (exact) mass is 230 g/mol. The zero-order valence-electron chi connectivity index (χ0n) is 10.3. The van der Waals surface area contributed by atoms with Crippen LogP contribution in [0, 0.1) is 0 Å². The van der Waals surface area contributed by atoms with Gasteiger partial charge in [0, 0.05) is 19.2 Å². The summed E-state index contributed by atoms with van der Waals surface area (Å²) in [4.78, 5) is 13.5. The number of carbonyl (C=O) groups excluding carboxylic acids is 1. The van der Waals surface area contributed by atoms with Gasteiger partial charge in [-0.15, -0.1) is 0 Å². The summed E-state index contributed by atoms with van der Waals surface area (Å²) in [6.07, 6.45) is 1.20. The highest BCUT2D eigenvalue weighted by Gasteiger charge is 2.29. The molecule has 1 fully saturated rings. The molecule has 1 rings (SSSR count). The Labute approximate surface area is 96.9 Å². The summed E-state index contributed by atoms with van der Waals surface area (Å²) in [6.45, 7) is 5.49. The van der Waals surface area contributed by atoms with Gasteiger partial charge in [0.1, 0.15) is 6.04 Å². The van der Waals surface area contributed by atoms with Crippen LogP contribution in [0.25, 0.3) is 0 Å². The second-order valence-corrected chi connectivity index (χ2v) is 4.23. The zero-order valence-corrected chi connectivity index (χ0v) is 10.3. The van der Waals surface area contributed by atoms with Crippen LogP contribution in [0.15, 0.2) is 0 Å². The maximum Gasteiger partial charge on any atom is 0.324 e. The highest BCUT2D eigenvalue weighted by Crippen LogP contribution is 2.18. The maximum atomic E-state index is 11.4. The summed E-state index contributed by atoms with van der Waals surface area (Å²) in [5.41, 5.74) is 5.76. The Bertz CT molecular complexity index is 235. The Balaban J connectivity index is 2.38. The SMILES string of the molecule is CCOC(=O)C(N)CN(C)C1CCOC1C. The van der Waals surface area contributed by atoms with E-state index in [0.29, 0.717) is 19.2 Å². The fraction of sp³-hybridized carbons (Fsp3) is 0.909. The van der Waals surface area contributed by atoms with Gasteiger partial charge in [-0.25, -0.2) is 0 Å². The van der Waals surface area contributed by atoms with E-state index in [1.807, 2.05) is 14.0 Å². The van der Waals surface area contributed by atoms with Crippen LogP contribution in [0.4, 0.5) is 0 Å². The number of nitrogens with two attached hydrogens (primary N) is 1. The molecule has 5 heteroatoms. The predicted molar refractivity (Wildman–Crippen MR) is 61.1 cm³/mol. The van der Waals surface area contributed by atoms with Gasteiger partial charge in [0.25, 0.3) is 0 Å². The lowest BCUT2D eigenvalue weighted by Gasteiger charge is -2.28. The van der Waals surface area contributed by atoms with Crippen LogP contribution in [0.3, 0.4) is 0 Å². The molecule has 0 aromatic heterocycles. The van der Waals surface area contributed by atoms with Gasteiger partial charge in [0.15, 0.2) is 0 Å². The third kappa shape index (κ3) is 3.43. The Kier molecular flexibility index (Phi) is 5.18. The summed E-state index contributed by atoms with van der Waals surface area (Å²) in [6, 6.07) is -0.224. The van der Waals surface area contributed by atoms with Crippen molar-refractivity contribution in [2.24, 2.45) is 5.73 Å². The molecule has 1 saturated heterocycles. The Morgan fingerprint density at radius 1 is 1.69 bits per heavy atom. The third-order valence-corrected chi connectivity index (χ3v) is 2.98. The largest absolute Gasteiger partial charge is 0.465 e. The van der Waals surface area contributed by atoms with Crippen molar-refractivity contribution < 1.29 is 14.3 Å². The summed E-state index contributed by atoms with van der Waals surface area (Å²) in [5, 5.41) is 0. The van der Waals surface area contributed by atoms with Crippen molar-refractivity contribution in [3.8, 4) is 0 Å².